The van der Waals surface area contributed by atoms with Crippen LogP contribution in [0.15, 0.2) is 66.2 Å². The average molecular weight is 526 g/mol. The van der Waals surface area contributed by atoms with E-state index in [1.54, 1.807) is 12.1 Å². The lowest BCUT2D eigenvalue weighted by Crippen LogP contribution is -2.30. The topological polar surface area (TPSA) is 73.3 Å². The minimum absolute atomic E-state index is 0.0786. The van der Waals surface area contributed by atoms with Crippen LogP contribution in [0.5, 0.6) is 5.75 Å². The molecule has 1 atom stereocenters. The number of Topliss-reactive ketones (excluding diaryl/α,β-unsaturated/α-hetero) is 1. The zero-order valence-corrected chi connectivity index (χ0v) is 23.2. The van der Waals surface area contributed by atoms with E-state index in [1.807, 2.05) is 74.3 Å². The largest absolute Gasteiger partial charge is 0.507 e. The Hall–Kier alpha value is -4.26. The molecule has 3 aromatic rings. The van der Waals surface area contributed by atoms with Crippen molar-refractivity contribution in [3.8, 4) is 5.75 Å². The summed E-state index contributed by atoms with van der Waals surface area (Å²) in [6.07, 6.45) is 0. The molecule has 39 heavy (non-hydrogen) atoms. The van der Waals surface area contributed by atoms with Crippen LogP contribution in [0.4, 0.5) is 17.1 Å². The van der Waals surface area contributed by atoms with Gasteiger partial charge in [0.05, 0.1) is 23.8 Å². The Labute approximate surface area is 229 Å². The Balaban J connectivity index is 1.69. The van der Waals surface area contributed by atoms with Gasteiger partial charge in [0, 0.05) is 37.1 Å². The molecule has 3 aromatic carbocycles. The number of fused-ring (bicyclic) bond motifs is 1. The molecule has 0 bridgehead atoms. The number of benzene rings is 3. The second kappa shape index (κ2) is 10.5. The van der Waals surface area contributed by atoms with Crippen LogP contribution < -0.4 is 19.4 Å². The lowest BCUT2D eigenvalue weighted by Gasteiger charge is -2.29. The fraction of sp³-hybridized carbons (Fsp3) is 0.312. The van der Waals surface area contributed by atoms with Crippen molar-refractivity contribution in [3.05, 3.63) is 88.5 Å². The molecule has 1 amide bonds. The van der Waals surface area contributed by atoms with Gasteiger partial charge >= 0.3 is 0 Å². The number of hydrogen-bond acceptors (Lipinski definition) is 6. The number of carbonyl (C=O) groups is 2. The number of nitrogens with zero attached hydrogens (tertiary/aromatic N) is 3. The third kappa shape index (κ3) is 4.62. The maximum absolute atomic E-state index is 13.6. The molecule has 1 unspecified atom stereocenters. The maximum Gasteiger partial charge on any atom is 0.300 e. The Kier molecular flexibility index (Phi) is 7.08. The molecule has 0 aromatic heterocycles. The molecule has 1 fully saturated rings. The highest BCUT2D eigenvalue weighted by atomic mass is 16.5. The van der Waals surface area contributed by atoms with E-state index in [2.05, 4.69) is 18.7 Å². The lowest BCUT2D eigenvalue weighted by molar-refractivity contribution is -0.132. The Morgan fingerprint density at radius 2 is 1.69 bits per heavy atom. The number of aliphatic hydroxyl groups excluding tert-OH is 1. The standard InChI is InChI=1S/C32H35N3O4/c1-6-34(7-2)24-12-9-22(10-13-24)29-28(30(36)23-11-15-27-26(19-23)33(5)16-17-39-27)31(37)32(38)35(29)25-14-8-20(3)18-21(25)4/h8-15,18-19,29,36H,6-7,16-17H2,1-5H3/b30-28-. The maximum atomic E-state index is 13.6. The van der Waals surface area contributed by atoms with Crippen LogP contribution in [0.1, 0.15) is 42.1 Å². The Bertz CT molecular complexity index is 1460. The summed E-state index contributed by atoms with van der Waals surface area (Å²) in [4.78, 5) is 33.1. The summed E-state index contributed by atoms with van der Waals surface area (Å²) in [5.74, 6) is -0.827. The summed E-state index contributed by atoms with van der Waals surface area (Å²) in [5, 5.41) is 11.6. The van der Waals surface area contributed by atoms with Crippen LogP contribution in [-0.4, -0.2) is 50.1 Å². The summed E-state index contributed by atoms with van der Waals surface area (Å²) in [6, 6.07) is 18.3. The van der Waals surface area contributed by atoms with Gasteiger partial charge in [-0.2, -0.15) is 0 Å². The quantitative estimate of drug-likeness (QED) is 0.256. The van der Waals surface area contributed by atoms with Crippen molar-refractivity contribution in [2.24, 2.45) is 0 Å². The third-order valence-corrected chi connectivity index (χ3v) is 7.72. The average Bonchev–Trinajstić information content (AvgIpc) is 3.19. The summed E-state index contributed by atoms with van der Waals surface area (Å²) in [6.45, 7) is 11.2. The number of likely N-dealkylation sites (N-methyl/N-ethyl adjacent to an activating group) is 1. The fourth-order valence-electron chi connectivity index (χ4n) is 5.58. The molecule has 1 saturated heterocycles. The molecule has 202 valence electrons. The second-order valence-electron chi connectivity index (χ2n) is 10.2. The number of anilines is 3. The first-order valence-electron chi connectivity index (χ1n) is 13.5. The van der Waals surface area contributed by atoms with Crippen LogP contribution >= 0.6 is 0 Å². The molecule has 5 rings (SSSR count). The number of aliphatic hydroxyl groups is 1. The van der Waals surface area contributed by atoms with Crippen molar-refractivity contribution in [1.82, 2.24) is 0 Å². The molecule has 2 aliphatic rings. The van der Waals surface area contributed by atoms with Gasteiger partial charge in [-0.1, -0.05) is 29.8 Å². The normalized spacial score (nSPS) is 18.2. The van der Waals surface area contributed by atoms with Crippen LogP contribution in [0, 0.1) is 13.8 Å². The summed E-state index contributed by atoms with van der Waals surface area (Å²) in [7, 11) is 1.96. The van der Waals surface area contributed by atoms with Crippen molar-refractivity contribution < 1.29 is 19.4 Å². The molecule has 0 radical (unpaired) electrons. The van der Waals surface area contributed by atoms with E-state index in [-0.39, 0.29) is 11.3 Å². The zero-order valence-electron chi connectivity index (χ0n) is 23.2. The smallest absolute Gasteiger partial charge is 0.300 e. The fourth-order valence-corrected chi connectivity index (χ4v) is 5.58. The molecule has 0 saturated carbocycles. The Morgan fingerprint density at radius 3 is 2.36 bits per heavy atom. The summed E-state index contributed by atoms with van der Waals surface area (Å²) < 4.78 is 5.76. The van der Waals surface area contributed by atoms with E-state index in [9.17, 15) is 14.7 Å². The highest BCUT2D eigenvalue weighted by Crippen LogP contribution is 2.44. The van der Waals surface area contributed by atoms with Crippen LogP contribution in [-0.2, 0) is 9.59 Å². The number of rotatable bonds is 6. The van der Waals surface area contributed by atoms with Gasteiger partial charge in [-0.15, -0.1) is 0 Å². The molecule has 1 N–H and O–H groups in total. The van der Waals surface area contributed by atoms with Crippen LogP contribution in [0.3, 0.4) is 0 Å². The summed E-state index contributed by atoms with van der Waals surface area (Å²) >= 11 is 0. The first kappa shape index (κ1) is 26.4. The Morgan fingerprint density at radius 1 is 0.974 bits per heavy atom. The molecular formula is C32H35N3O4. The second-order valence-corrected chi connectivity index (χ2v) is 10.2. The number of amides is 1. The molecule has 7 heteroatoms. The van der Waals surface area contributed by atoms with Gasteiger partial charge < -0.3 is 19.6 Å². The van der Waals surface area contributed by atoms with Gasteiger partial charge in [-0.3, -0.25) is 14.5 Å². The first-order chi connectivity index (χ1) is 18.7. The van der Waals surface area contributed by atoms with Gasteiger partial charge in [-0.05, 0) is 75.2 Å². The van der Waals surface area contributed by atoms with Crippen LogP contribution in [0.25, 0.3) is 5.76 Å². The van der Waals surface area contributed by atoms with E-state index in [1.165, 1.54) is 4.90 Å². The predicted octanol–water partition coefficient (Wildman–Crippen LogP) is 5.60. The molecular weight excluding hydrogens is 490 g/mol. The third-order valence-electron chi connectivity index (χ3n) is 7.72. The van der Waals surface area contributed by atoms with Gasteiger partial charge in [0.1, 0.15) is 18.1 Å². The lowest BCUT2D eigenvalue weighted by atomic mass is 9.94. The predicted molar refractivity (Wildman–Crippen MR) is 156 cm³/mol. The minimum Gasteiger partial charge on any atom is -0.507 e. The molecule has 0 aliphatic carbocycles. The monoisotopic (exact) mass is 525 g/mol. The highest BCUT2D eigenvalue weighted by molar-refractivity contribution is 6.51. The van der Waals surface area contributed by atoms with Crippen molar-refractivity contribution in [3.63, 3.8) is 0 Å². The number of ether oxygens (including phenoxy) is 1. The molecule has 7 nitrogen and oxygen atoms in total. The first-order valence-corrected chi connectivity index (χ1v) is 13.5. The van der Waals surface area contributed by atoms with Gasteiger partial charge in [0.15, 0.2) is 0 Å². The number of ketones is 1. The molecule has 2 aliphatic heterocycles. The van der Waals surface area contributed by atoms with Gasteiger partial charge in [-0.25, -0.2) is 0 Å². The number of carbonyl (C=O) groups excluding carboxylic acids is 2. The number of hydrogen-bond donors (Lipinski definition) is 1. The van der Waals surface area contributed by atoms with E-state index in [0.717, 1.165) is 46.9 Å². The van der Waals surface area contributed by atoms with E-state index >= 15 is 0 Å². The van der Waals surface area contributed by atoms with E-state index in [0.29, 0.717) is 24.4 Å². The van der Waals surface area contributed by atoms with Crippen molar-refractivity contribution in [2.75, 3.05) is 48.0 Å². The number of aryl methyl sites for hydroxylation is 2. The zero-order chi connectivity index (χ0) is 27.8. The van der Waals surface area contributed by atoms with Crippen molar-refractivity contribution in [2.45, 2.75) is 33.7 Å². The van der Waals surface area contributed by atoms with Gasteiger partial charge in [0.2, 0.25) is 0 Å². The molecule has 0 spiro atoms. The highest BCUT2D eigenvalue weighted by Gasteiger charge is 2.47. The minimum atomic E-state index is -0.776. The van der Waals surface area contributed by atoms with Crippen molar-refractivity contribution >= 4 is 34.5 Å². The van der Waals surface area contributed by atoms with E-state index in [4.69, 9.17) is 4.74 Å². The summed E-state index contributed by atoms with van der Waals surface area (Å²) in [5.41, 5.74) is 5.79. The van der Waals surface area contributed by atoms with Gasteiger partial charge in [0.25, 0.3) is 11.7 Å². The van der Waals surface area contributed by atoms with Crippen LogP contribution in [0.2, 0.25) is 0 Å². The van der Waals surface area contributed by atoms with E-state index < -0.39 is 17.7 Å². The van der Waals surface area contributed by atoms with Crippen molar-refractivity contribution in [1.29, 1.82) is 0 Å². The molecule has 2 heterocycles. The SMILES string of the molecule is CCN(CC)c1ccc(C2/C(=C(/O)c3ccc4c(c3)N(C)CCO4)C(=O)C(=O)N2c2ccc(C)cc2C)cc1.